The van der Waals surface area contributed by atoms with E-state index < -0.39 is 0 Å². The zero-order valence-electron chi connectivity index (χ0n) is 12.0. The second-order valence-corrected chi connectivity index (χ2v) is 6.61. The Morgan fingerprint density at radius 2 is 1.69 bits per heavy atom. The third kappa shape index (κ3) is 6.15. The van der Waals surface area contributed by atoms with Crippen molar-refractivity contribution >= 4 is 11.8 Å². The molecule has 3 unspecified atom stereocenters. The minimum atomic E-state index is 0.700. The highest BCUT2D eigenvalue weighted by Gasteiger charge is 2.22. The zero-order chi connectivity index (χ0) is 12.6. The fourth-order valence-electron chi connectivity index (χ4n) is 1.90. The maximum Gasteiger partial charge on any atom is 0.0201 e. The maximum atomic E-state index is 3.66. The van der Waals surface area contributed by atoms with E-state index in [1.165, 1.54) is 19.3 Å². The Bertz CT molecular complexity index is 153. The lowest BCUT2D eigenvalue weighted by molar-refractivity contribution is 0.463. The second-order valence-electron chi connectivity index (χ2n) is 4.98. The molecule has 0 saturated carbocycles. The van der Waals surface area contributed by atoms with E-state index in [1.54, 1.807) is 0 Å². The number of hydrogen-bond acceptors (Lipinski definition) is 2. The molecule has 0 aliphatic heterocycles. The molecular formula is C14H31NS. The third-order valence-electron chi connectivity index (χ3n) is 3.25. The van der Waals surface area contributed by atoms with E-state index in [1.807, 2.05) is 0 Å². The van der Waals surface area contributed by atoms with Crippen molar-refractivity contribution in [2.24, 2.45) is 5.92 Å². The van der Waals surface area contributed by atoms with Crippen molar-refractivity contribution in [1.29, 1.82) is 0 Å². The van der Waals surface area contributed by atoms with Crippen molar-refractivity contribution in [2.45, 2.75) is 77.3 Å². The molecule has 1 N–H and O–H groups in total. The Morgan fingerprint density at radius 1 is 1.06 bits per heavy atom. The van der Waals surface area contributed by atoms with Crippen LogP contribution in [0, 0.1) is 5.92 Å². The van der Waals surface area contributed by atoms with Gasteiger partial charge in [0.2, 0.25) is 0 Å². The summed E-state index contributed by atoms with van der Waals surface area (Å²) in [5.74, 6) is 0.781. The van der Waals surface area contributed by atoms with Gasteiger partial charge in [-0.05, 0) is 25.3 Å². The zero-order valence-corrected chi connectivity index (χ0v) is 12.9. The molecule has 3 atom stereocenters. The minimum absolute atomic E-state index is 0.700. The highest BCUT2D eigenvalue weighted by atomic mass is 32.2. The van der Waals surface area contributed by atoms with E-state index in [4.69, 9.17) is 0 Å². The van der Waals surface area contributed by atoms with Crippen molar-refractivity contribution < 1.29 is 0 Å². The summed E-state index contributed by atoms with van der Waals surface area (Å²) in [6.45, 7) is 14.9. The van der Waals surface area contributed by atoms with E-state index in [-0.39, 0.29) is 0 Å². The first-order valence-corrected chi connectivity index (χ1v) is 7.89. The van der Waals surface area contributed by atoms with Crippen molar-refractivity contribution in [2.75, 3.05) is 6.54 Å². The van der Waals surface area contributed by atoms with Gasteiger partial charge in [-0.3, -0.25) is 0 Å². The quantitative estimate of drug-likeness (QED) is 0.649. The van der Waals surface area contributed by atoms with Gasteiger partial charge in [0.25, 0.3) is 0 Å². The Balaban J connectivity index is 4.29. The van der Waals surface area contributed by atoms with Crippen molar-refractivity contribution in [3.8, 4) is 0 Å². The van der Waals surface area contributed by atoms with Crippen LogP contribution in [0.5, 0.6) is 0 Å². The largest absolute Gasteiger partial charge is 0.313 e. The van der Waals surface area contributed by atoms with Crippen LogP contribution >= 0.6 is 11.8 Å². The third-order valence-corrected chi connectivity index (χ3v) is 5.23. The summed E-state index contributed by atoms with van der Waals surface area (Å²) < 4.78 is 0. The van der Waals surface area contributed by atoms with Gasteiger partial charge in [0, 0.05) is 16.5 Å². The van der Waals surface area contributed by atoms with Gasteiger partial charge in [-0.2, -0.15) is 11.8 Å². The van der Waals surface area contributed by atoms with Crippen molar-refractivity contribution in [1.82, 2.24) is 5.32 Å². The van der Waals surface area contributed by atoms with Crippen LogP contribution in [-0.4, -0.2) is 23.1 Å². The molecular weight excluding hydrogens is 214 g/mol. The van der Waals surface area contributed by atoms with E-state index >= 15 is 0 Å². The van der Waals surface area contributed by atoms with Gasteiger partial charge in [-0.15, -0.1) is 0 Å². The average molecular weight is 245 g/mol. The molecule has 0 aromatic carbocycles. The molecule has 0 heterocycles. The van der Waals surface area contributed by atoms with Crippen LogP contribution in [0.25, 0.3) is 0 Å². The van der Waals surface area contributed by atoms with Gasteiger partial charge in [0.1, 0.15) is 0 Å². The molecule has 0 aromatic rings. The number of hydrogen-bond donors (Lipinski definition) is 1. The summed E-state index contributed by atoms with van der Waals surface area (Å²) in [4.78, 5) is 0. The topological polar surface area (TPSA) is 12.0 Å². The fraction of sp³-hybridized carbons (Fsp3) is 1.00. The van der Waals surface area contributed by atoms with Gasteiger partial charge in [-0.25, -0.2) is 0 Å². The summed E-state index contributed by atoms with van der Waals surface area (Å²) in [5, 5.41) is 5.20. The van der Waals surface area contributed by atoms with Crippen molar-refractivity contribution in [3.63, 3.8) is 0 Å². The number of rotatable bonds is 9. The fourth-order valence-corrected chi connectivity index (χ4v) is 3.38. The summed E-state index contributed by atoms with van der Waals surface area (Å²) in [7, 11) is 0. The van der Waals surface area contributed by atoms with Crippen molar-refractivity contribution in [3.05, 3.63) is 0 Å². The van der Waals surface area contributed by atoms with E-state index in [9.17, 15) is 0 Å². The van der Waals surface area contributed by atoms with Gasteiger partial charge >= 0.3 is 0 Å². The summed E-state index contributed by atoms with van der Waals surface area (Å²) in [5.41, 5.74) is 0. The molecule has 16 heavy (non-hydrogen) atoms. The molecule has 98 valence electrons. The molecule has 0 radical (unpaired) electrons. The van der Waals surface area contributed by atoms with E-state index in [0.29, 0.717) is 6.04 Å². The highest BCUT2D eigenvalue weighted by Crippen LogP contribution is 2.29. The average Bonchev–Trinajstić information content (AvgIpc) is 2.25. The lowest BCUT2D eigenvalue weighted by atomic mass is 10.1. The van der Waals surface area contributed by atoms with E-state index in [0.717, 1.165) is 23.0 Å². The second kappa shape index (κ2) is 9.35. The standard InChI is InChI=1S/C14H31NS/c1-7-10-13(15-9-3)14(8-2)16-12(6)11(4)5/h11-15H,7-10H2,1-6H3. The van der Waals surface area contributed by atoms with Gasteiger partial charge in [0.15, 0.2) is 0 Å². The Labute approximate surface area is 107 Å². The normalized spacial score (nSPS) is 17.4. The van der Waals surface area contributed by atoms with Gasteiger partial charge in [-0.1, -0.05) is 48.0 Å². The monoisotopic (exact) mass is 245 g/mol. The molecule has 0 amide bonds. The molecule has 0 spiro atoms. The van der Waals surface area contributed by atoms with Crippen LogP contribution in [-0.2, 0) is 0 Å². The molecule has 0 aliphatic carbocycles. The first-order valence-electron chi connectivity index (χ1n) is 6.95. The van der Waals surface area contributed by atoms with Crippen LogP contribution in [0.4, 0.5) is 0 Å². The smallest absolute Gasteiger partial charge is 0.0201 e. The summed E-state index contributed by atoms with van der Waals surface area (Å²) >= 11 is 2.18. The number of thioether (sulfide) groups is 1. The molecule has 0 aliphatic rings. The molecule has 0 rings (SSSR count). The first kappa shape index (κ1) is 16.3. The Kier molecular flexibility index (Phi) is 9.53. The molecule has 0 bridgehead atoms. The molecule has 2 heteroatoms. The van der Waals surface area contributed by atoms with Crippen LogP contribution in [0.3, 0.4) is 0 Å². The van der Waals surface area contributed by atoms with Crippen LogP contribution in [0.2, 0.25) is 0 Å². The number of nitrogens with one attached hydrogen (secondary N) is 1. The minimum Gasteiger partial charge on any atom is -0.313 e. The summed E-state index contributed by atoms with van der Waals surface area (Å²) in [6, 6.07) is 0.700. The summed E-state index contributed by atoms with van der Waals surface area (Å²) in [6.07, 6.45) is 3.87. The lowest BCUT2D eigenvalue weighted by Crippen LogP contribution is -2.38. The predicted octanol–water partition coefficient (Wildman–Crippen LogP) is 4.32. The molecule has 0 saturated heterocycles. The van der Waals surface area contributed by atoms with Crippen LogP contribution in [0.1, 0.15) is 60.8 Å². The molecule has 1 nitrogen and oxygen atoms in total. The van der Waals surface area contributed by atoms with Gasteiger partial charge < -0.3 is 5.32 Å². The van der Waals surface area contributed by atoms with Gasteiger partial charge in [0.05, 0.1) is 0 Å². The van der Waals surface area contributed by atoms with Crippen LogP contribution in [0.15, 0.2) is 0 Å². The Morgan fingerprint density at radius 3 is 2.06 bits per heavy atom. The van der Waals surface area contributed by atoms with E-state index in [2.05, 4.69) is 58.6 Å². The lowest BCUT2D eigenvalue weighted by Gasteiger charge is -2.30. The molecule has 0 aromatic heterocycles. The Hall–Kier alpha value is 0.310. The molecule has 0 fully saturated rings. The highest BCUT2D eigenvalue weighted by molar-refractivity contribution is 8.00. The predicted molar refractivity (Wildman–Crippen MR) is 78.3 cm³/mol. The first-order chi connectivity index (χ1) is 7.56. The van der Waals surface area contributed by atoms with Crippen LogP contribution < -0.4 is 5.32 Å². The SMILES string of the molecule is CCCC(NCC)C(CC)SC(C)C(C)C. The maximum absolute atomic E-state index is 3.66.